The van der Waals surface area contributed by atoms with E-state index in [1.807, 2.05) is 0 Å². The normalized spacial score (nSPS) is 0. The van der Waals surface area contributed by atoms with Gasteiger partial charge in [-0.05, 0) is 0 Å². The second-order valence-corrected chi connectivity index (χ2v) is 0. The van der Waals surface area contributed by atoms with Crippen molar-refractivity contribution in [3.63, 3.8) is 0 Å². The molecule has 0 N–H and O–H groups in total. The first-order chi connectivity index (χ1) is 0. The first-order valence-corrected chi connectivity index (χ1v) is 0. The summed E-state index contributed by atoms with van der Waals surface area (Å²) < 4.78 is 0. The zero-order chi connectivity index (χ0) is 0. The molecule has 0 unspecified atom stereocenters. The number of hydrogen-bond acceptors (Lipinski definition) is 0. The monoisotopic (exact) mass is 627 g/mol. The molecule has 0 amide bonds. The fourth-order valence-corrected chi connectivity index (χ4v) is 0. The second-order valence-electron chi connectivity index (χ2n) is 0. The molecule has 0 aliphatic carbocycles. The molecule has 0 aromatic heterocycles. The smallest absolute Gasteiger partial charge is 0 e. The Morgan fingerprint density at radius 2 is 0.200 bits per heavy atom. The Morgan fingerprint density at radius 3 is 0.200 bits per heavy atom. The maximum Gasteiger partial charge on any atom is 0.187 e. The molecule has 0 saturated carbocycles. The third kappa shape index (κ3) is 58.7. The van der Waals surface area contributed by atoms with Gasteiger partial charge in [0.1, 0.15) is 0 Å². The van der Waals surface area contributed by atoms with Crippen LogP contribution in [0.25, 0.3) is 0 Å². The molecule has 0 aliphatic rings. The minimum atomic E-state index is 0. The van der Waals surface area contributed by atoms with E-state index >= 15 is 0 Å². The van der Waals surface area contributed by atoms with Crippen LogP contribution in [0.3, 0.4) is 0 Å². The van der Waals surface area contributed by atoms with Crippen LogP contribution in [0.1, 0.15) is 0 Å². The first kappa shape index (κ1) is 86.2. The van der Waals surface area contributed by atoms with Crippen molar-refractivity contribution in [2.45, 2.75) is 0 Å². The van der Waals surface area contributed by atoms with Crippen molar-refractivity contribution in [1.82, 2.24) is 0 Å². The summed E-state index contributed by atoms with van der Waals surface area (Å²) in [5.41, 5.74) is 0. The van der Waals surface area contributed by atoms with E-state index in [2.05, 4.69) is 0 Å². The van der Waals surface area contributed by atoms with Crippen LogP contribution in [0.4, 0.5) is 0 Å². The predicted molar refractivity (Wildman–Crippen MR) is 69.6 cm³/mol. The molecule has 0 bridgehead atoms. The van der Waals surface area contributed by atoms with Gasteiger partial charge in [-0.15, -0.1) is 0 Å². The second kappa shape index (κ2) is 71.5. The van der Waals surface area contributed by atoms with E-state index in [9.17, 15) is 0 Å². The molecular weight excluding hydrogens is 606 g/mol. The van der Waals surface area contributed by atoms with Crippen LogP contribution in [0, 0.1) is 107 Å². The minimum absolute atomic E-state index is 0. The van der Waals surface area contributed by atoms with E-state index in [0.717, 1.165) is 0 Å². The van der Waals surface area contributed by atoms with Gasteiger partial charge < -0.3 is 0 Å². The Labute approximate surface area is 222 Å². The van der Waals surface area contributed by atoms with Crippen LogP contribution < -0.4 is 0 Å². The van der Waals surface area contributed by atoms with Crippen molar-refractivity contribution in [3.8, 4) is 0 Å². The van der Waals surface area contributed by atoms with Gasteiger partial charge in [-0.1, -0.05) is 0 Å². The quantitative estimate of drug-likeness (QED) is 0.235. The Hall–Kier alpha value is 7.31. The van der Waals surface area contributed by atoms with Gasteiger partial charge in [0.2, 0.25) is 0 Å². The van der Waals surface area contributed by atoms with Crippen molar-refractivity contribution < 1.29 is 107 Å². The third-order valence-electron chi connectivity index (χ3n) is 0. The molecule has 0 aliphatic heterocycles. The average molecular weight is 627 g/mol. The Balaban J connectivity index is 0. The standard InChI is InChI=1S/7Al.3La.21H. The molecule has 0 aromatic carbocycles. The summed E-state index contributed by atoms with van der Waals surface area (Å²) in [5.74, 6) is 0. The van der Waals surface area contributed by atoms with Crippen molar-refractivity contribution in [3.05, 3.63) is 0 Å². The summed E-state index contributed by atoms with van der Waals surface area (Å²) in [7, 11) is 0. The molecule has 0 atom stereocenters. The molecule has 0 saturated heterocycles. The summed E-state index contributed by atoms with van der Waals surface area (Å²) in [5, 5.41) is 0. The number of hydrogen-bond donors (Lipinski definition) is 0. The van der Waals surface area contributed by atoms with E-state index in [4.69, 9.17) is 0 Å². The summed E-state index contributed by atoms with van der Waals surface area (Å²) in [4.78, 5) is 0. The largest absolute Gasteiger partial charge is 0.187 e. The fourth-order valence-electron chi connectivity index (χ4n) is 0. The molecule has 0 nitrogen and oxygen atoms in total. The van der Waals surface area contributed by atoms with Crippen LogP contribution in [-0.4, -0.2) is 122 Å². The van der Waals surface area contributed by atoms with E-state index < -0.39 is 0 Å². The van der Waals surface area contributed by atoms with E-state index in [0.29, 0.717) is 0 Å². The molecular formula is H21Al7La3. The zero-order valence-electron chi connectivity index (χ0n) is 1.73. The molecule has 10 heteroatoms. The van der Waals surface area contributed by atoms with Gasteiger partial charge in [0.15, 0.2) is 122 Å². The summed E-state index contributed by atoms with van der Waals surface area (Å²) in [6.07, 6.45) is 0. The summed E-state index contributed by atoms with van der Waals surface area (Å²) in [6.45, 7) is 0. The van der Waals surface area contributed by atoms with E-state index in [1.165, 1.54) is 0 Å². The molecule has 0 spiro atoms. The van der Waals surface area contributed by atoms with Gasteiger partial charge in [0.25, 0.3) is 0 Å². The maximum atomic E-state index is 0. The first-order valence-electron chi connectivity index (χ1n) is 0. The van der Waals surface area contributed by atoms with E-state index in [1.54, 1.807) is 0 Å². The Morgan fingerprint density at radius 1 is 0.200 bits per heavy atom. The molecule has 0 fully saturated rings. The fraction of sp³-hybridized carbons (Fsp3) is 0. The Bertz CT molecular complexity index is 8.81. The van der Waals surface area contributed by atoms with Crippen LogP contribution in [0.2, 0.25) is 0 Å². The van der Waals surface area contributed by atoms with Crippen LogP contribution >= 0.6 is 0 Å². The van der Waals surface area contributed by atoms with Crippen molar-refractivity contribution in [2.24, 2.45) is 0 Å². The molecule has 51 valence electrons. The topological polar surface area (TPSA) is 0 Å². The Kier molecular flexibility index (Phi) is 616. The van der Waals surface area contributed by atoms with Crippen molar-refractivity contribution >= 4 is 122 Å². The summed E-state index contributed by atoms with van der Waals surface area (Å²) in [6, 6.07) is 0. The third-order valence-corrected chi connectivity index (χ3v) is 0. The van der Waals surface area contributed by atoms with E-state index in [-0.39, 0.29) is 228 Å². The predicted octanol–water partition coefficient (Wildman–Crippen LogP) is -8.29. The van der Waals surface area contributed by atoms with Crippen LogP contribution in [-0.2, 0) is 0 Å². The summed E-state index contributed by atoms with van der Waals surface area (Å²) >= 11 is 0. The molecule has 0 heterocycles. The van der Waals surface area contributed by atoms with Gasteiger partial charge in [0.05, 0.1) is 0 Å². The van der Waals surface area contributed by atoms with Crippen molar-refractivity contribution in [2.75, 3.05) is 0 Å². The van der Waals surface area contributed by atoms with Gasteiger partial charge in [-0.25, -0.2) is 0 Å². The van der Waals surface area contributed by atoms with Gasteiger partial charge >= 0.3 is 0 Å². The molecule has 0 rings (SSSR count). The SMILES string of the molecule is [AlH3].[AlH3].[AlH3].[AlH3].[AlH3].[AlH3].[AlH3].[La].[La].[La]. The maximum absolute atomic E-state index is 0. The molecule has 0 aromatic rings. The van der Waals surface area contributed by atoms with Gasteiger partial charge in [-0.3, -0.25) is 0 Å². The van der Waals surface area contributed by atoms with Crippen molar-refractivity contribution in [1.29, 1.82) is 0 Å². The number of rotatable bonds is 0. The average Bonchev–Trinajstić information content (AvgIpc) is 0. The van der Waals surface area contributed by atoms with Gasteiger partial charge in [-0.2, -0.15) is 0 Å². The molecule has 3 radical (unpaired) electrons. The van der Waals surface area contributed by atoms with Gasteiger partial charge in [0, 0.05) is 107 Å². The van der Waals surface area contributed by atoms with Crippen LogP contribution in [0.5, 0.6) is 0 Å². The zero-order valence-corrected chi connectivity index (χ0v) is 12.6. The molecule has 10 heavy (non-hydrogen) atoms. The van der Waals surface area contributed by atoms with Crippen LogP contribution in [0.15, 0.2) is 0 Å². The minimum Gasteiger partial charge on any atom is 0 e.